The monoisotopic (exact) mass is 458 g/mol. The van der Waals surface area contributed by atoms with Gasteiger partial charge in [-0.1, -0.05) is 17.7 Å². The van der Waals surface area contributed by atoms with Crippen LogP contribution in [0.5, 0.6) is 0 Å². The number of halogens is 4. The minimum atomic E-state index is -4.51. The molecule has 0 radical (unpaired) electrons. The van der Waals surface area contributed by atoms with E-state index in [9.17, 15) is 18.0 Å². The lowest BCUT2D eigenvalue weighted by Gasteiger charge is -2.34. The van der Waals surface area contributed by atoms with Crippen molar-refractivity contribution in [3.8, 4) is 0 Å². The summed E-state index contributed by atoms with van der Waals surface area (Å²) in [5.41, 5.74) is -0.368. The predicted molar refractivity (Wildman–Crippen MR) is 108 cm³/mol. The van der Waals surface area contributed by atoms with Crippen LogP contribution in [0.2, 0.25) is 5.02 Å². The van der Waals surface area contributed by atoms with Gasteiger partial charge in [0.05, 0.1) is 29.4 Å². The van der Waals surface area contributed by atoms with Crippen molar-refractivity contribution >= 4 is 29.3 Å². The lowest BCUT2D eigenvalue weighted by molar-refractivity contribution is -0.138. The number of carbonyl (C=O) groups excluding carboxylic acids is 1. The van der Waals surface area contributed by atoms with Gasteiger partial charge in [0.1, 0.15) is 11.7 Å². The Morgan fingerprint density at radius 3 is 2.52 bits per heavy atom. The molecule has 1 atom stereocenters. The van der Waals surface area contributed by atoms with Crippen molar-refractivity contribution in [3.63, 3.8) is 0 Å². The third kappa shape index (κ3) is 6.20. The van der Waals surface area contributed by atoms with E-state index in [0.717, 1.165) is 5.56 Å². The van der Waals surface area contributed by atoms with Crippen molar-refractivity contribution in [1.82, 2.24) is 14.9 Å². The Morgan fingerprint density at radius 1 is 1.26 bits per heavy atom. The fraction of sp³-hybridized carbons (Fsp3) is 0.450. The highest BCUT2D eigenvalue weighted by Crippen LogP contribution is 2.32. The number of morpholine rings is 1. The molecule has 31 heavy (non-hydrogen) atoms. The predicted octanol–water partition coefficient (Wildman–Crippen LogP) is 5.20. The molecule has 1 aliphatic heterocycles. The molecule has 1 aliphatic rings. The molecule has 2 aromatic rings. The number of nitrogens with zero attached hydrogens (tertiary/aromatic N) is 3. The van der Waals surface area contributed by atoms with Crippen molar-refractivity contribution < 1.29 is 27.4 Å². The Labute approximate surface area is 182 Å². The molecule has 1 fully saturated rings. The summed E-state index contributed by atoms with van der Waals surface area (Å²) in [6, 6.07) is 5.06. The second-order valence-corrected chi connectivity index (χ2v) is 8.35. The zero-order valence-electron chi connectivity index (χ0n) is 17.2. The van der Waals surface area contributed by atoms with Crippen LogP contribution in [0.25, 0.3) is 0 Å². The van der Waals surface area contributed by atoms with Crippen LogP contribution >= 0.6 is 11.6 Å². The molecule has 7 nitrogen and oxygen atoms in total. The molecule has 1 unspecified atom stereocenters. The maximum atomic E-state index is 12.6. The third-order valence-electron chi connectivity index (χ3n) is 4.31. The van der Waals surface area contributed by atoms with Crippen LogP contribution in [0.1, 0.15) is 38.0 Å². The number of alkyl halides is 3. The van der Waals surface area contributed by atoms with Crippen LogP contribution < -0.4 is 5.32 Å². The van der Waals surface area contributed by atoms with Crippen molar-refractivity contribution in [1.29, 1.82) is 0 Å². The molecule has 1 aromatic carbocycles. The molecule has 3 rings (SSSR count). The van der Waals surface area contributed by atoms with Crippen molar-refractivity contribution in [2.45, 2.75) is 38.7 Å². The van der Waals surface area contributed by atoms with Crippen LogP contribution in [0.4, 0.5) is 29.6 Å². The summed E-state index contributed by atoms with van der Waals surface area (Å²) < 4.78 is 49.1. The second kappa shape index (κ2) is 8.88. The van der Waals surface area contributed by atoms with E-state index >= 15 is 0 Å². The number of benzene rings is 1. The van der Waals surface area contributed by atoms with E-state index < -0.39 is 29.5 Å². The molecule has 1 saturated heterocycles. The number of rotatable bonds is 3. The molecular weight excluding hydrogens is 437 g/mol. The Hall–Kier alpha value is -2.59. The zero-order valence-corrected chi connectivity index (χ0v) is 17.9. The summed E-state index contributed by atoms with van der Waals surface area (Å²) in [5, 5.41) is 3.09. The minimum Gasteiger partial charge on any atom is -0.444 e. The van der Waals surface area contributed by atoms with Gasteiger partial charge in [0.15, 0.2) is 0 Å². The first kappa shape index (κ1) is 23.1. The molecular formula is C20H22ClF3N4O3. The summed E-state index contributed by atoms with van der Waals surface area (Å²) in [4.78, 5) is 21.2. The summed E-state index contributed by atoms with van der Waals surface area (Å²) in [6.07, 6.45) is -3.93. The number of hydrogen-bond donors (Lipinski definition) is 1. The number of carbonyl (C=O) groups is 1. The van der Waals surface area contributed by atoms with E-state index in [-0.39, 0.29) is 5.95 Å². The standard InChI is InChI=1S/C20H22ClF3N4O3/c1-19(2,3)31-18(29)28-6-7-30-16(11-28)12-4-5-15(14(21)8-12)27-17-25-9-13(10-26-17)20(22,23)24/h4-5,8-10,16H,6-7,11H2,1-3H3,(H,25,26,27). The number of hydrogen-bond acceptors (Lipinski definition) is 6. The van der Waals surface area contributed by atoms with Crippen molar-refractivity contribution in [3.05, 3.63) is 46.7 Å². The SMILES string of the molecule is CC(C)(C)OC(=O)N1CCOC(c2ccc(Nc3ncc(C(F)(F)F)cn3)c(Cl)c2)C1. The normalized spacial score (nSPS) is 17.4. The average Bonchev–Trinajstić information content (AvgIpc) is 2.68. The molecule has 0 saturated carbocycles. The molecule has 11 heteroatoms. The van der Waals surface area contributed by atoms with Crippen LogP contribution in [0.3, 0.4) is 0 Å². The minimum absolute atomic E-state index is 0.0207. The average molecular weight is 459 g/mol. The maximum Gasteiger partial charge on any atom is 0.419 e. The number of ether oxygens (including phenoxy) is 2. The van der Waals surface area contributed by atoms with Gasteiger partial charge >= 0.3 is 12.3 Å². The molecule has 1 amide bonds. The number of aromatic nitrogens is 2. The van der Waals surface area contributed by atoms with Crippen LogP contribution in [0, 0.1) is 0 Å². The van der Waals surface area contributed by atoms with Gasteiger partial charge in [-0.25, -0.2) is 14.8 Å². The zero-order chi connectivity index (χ0) is 22.8. The first-order valence-corrected chi connectivity index (χ1v) is 9.85. The maximum absolute atomic E-state index is 12.6. The molecule has 1 N–H and O–H groups in total. The Balaban J connectivity index is 1.68. The summed E-state index contributed by atoms with van der Waals surface area (Å²) in [7, 11) is 0. The van der Waals surface area contributed by atoms with Crippen LogP contribution in [-0.2, 0) is 15.7 Å². The van der Waals surface area contributed by atoms with E-state index in [2.05, 4.69) is 15.3 Å². The van der Waals surface area contributed by atoms with Gasteiger partial charge in [0, 0.05) is 18.9 Å². The fourth-order valence-corrected chi connectivity index (χ4v) is 3.07. The van der Waals surface area contributed by atoms with Crippen LogP contribution in [0.15, 0.2) is 30.6 Å². The van der Waals surface area contributed by atoms with Crippen molar-refractivity contribution in [2.75, 3.05) is 25.0 Å². The number of anilines is 2. The number of nitrogens with one attached hydrogen (secondary N) is 1. The van der Waals surface area contributed by atoms with Gasteiger partial charge in [-0.3, -0.25) is 0 Å². The van der Waals surface area contributed by atoms with E-state index in [0.29, 0.717) is 42.8 Å². The molecule has 0 bridgehead atoms. The first-order chi connectivity index (χ1) is 14.4. The van der Waals surface area contributed by atoms with Gasteiger partial charge in [-0.05, 0) is 38.5 Å². The highest BCUT2D eigenvalue weighted by atomic mass is 35.5. The lowest BCUT2D eigenvalue weighted by Crippen LogP contribution is -2.44. The molecule has 1 aromatic heterocycles. The largest absolute Gasteiger partial charge is 0.444 e. The van der Waals surface area contributed by atoms with Gasteiger partial charge in [-0.15, -0.1) is 0 Å². The van der Waals surface area contributed by atoms with Gasteiger partial charge < -0.3 is 19.7 Å². The molecule has 0 spiro atoms. The van der Waals surface area contributed by atoms with Crippen molar-refractivity contribution in [2.24, 2.45) is 0 Å². The second-order valence-electron chi connectivity index (χ2n) is 7.94. The fourth-order valence-electron chi connectivity index (χ4n) is 2.84. The van der Waals surface area contributed by atoms with E-state index in [4.69, 9.17) is 21.1 Å². The molecule has 168 valence electrons. The van der Waals surface area contributed by atoms with Gasteiger partial charge in [-0.2, -0.15) is 13.2 Å². The topological polar surface area (TPSA) is 76.6 Å². The summed E-state index contributed by atoms with van der Waals surface area (Å²) in [6.45, 7) is 6.48. The molecule has 0 aliphatic carbocycles. The highest BCUT2D eigenvalue weighted by molar-refractivity contribution is 6.33. The van der Waals surface area contributed by atoms with Gasteiger partial charge in [0.25, 0.3) is 0 Å². The van der Waals surface area contributed by atoms with E-state index in [1.54, 1.807) is 43.9 Å². The lowest BCUT2D eigenvalue weighted by atomic mass is 10.1. The Morgan fingerprint density at radius 2 is 1.94 bits per heavy atom. The first-order valence-electron chi connectivity index (χ1n) is 9.47. The van der Waals surface area contributed by atoms with Crippen LogP contribution in [-0.4, -0.2) is 46.3 Å². The summed E-state index contributed by atoms with van der Waals surface area (Å²) in [5.74, 6) is -0.0207. The summed E-state index contributed by atoms with van der Waals surface area (Å²) >= 11 is 6.33. The quantitative estimate of drug-likeness (QED) is 0.681. The van der Waals surface area contributed by atoms with E-state index in [1.807, 2.05) is 0 Å². The highest BCUT2D eigenvalue weighted by Gasteiger charge is 2.31. The smallest absolute Gasteiger partial charge is 0.419 e. The third-order valence-corrected chi connectivity index (χ3v) is 4.62. The van der Waals surface area contributed by atoms with Gasteiger partial charge in [0.2, 0.25) is 5.95 Å². The Bertz CT molecular complexity index is 933. The molecule has 2 heterocycles. The number of amides is 1. The Kier molecular flexibility index (Phi) is 6.61. The van der Waals surface area contributed by atoms with E-state index in [1.165, 1.54) is 0 Å².